The van der Waals surface area contributed by atoms with Crippen molar-refractivity contribution in [3.05, 3.63) is 46.0 Å². The van der Waals surface area contributed by atoms with Gasteiger partial charge >= 0.3 is 0 Å². The van der Waals surface area contributed by atoms with E-state index in [0.717, 1.165) is 42.2 Å². The molecular formula is C16H17ClN4. The largest absolute Gasteiger partial charge is 0.361 e. The van der Waals surface area contributed by atoms with Crippen molar-refractivity contribution in [3.8, 4) is 6.07 Å². The summed E-state index contributed by atoms with van der Waals surface area (Å²) in [6, 6.07) is 6.18. The first kappa shape index (κ1) is 14.0. The lowest BCUT2D eigenvalue weighted by Crippen LogP contribution is -2.24. The molecule has 2 heterocycles. The van der Waals surface area contributed by atoms with E-state index in [1.54, 1.807) is 6.07 Å². The lowest BCUT2D eigenvalue weighted by Gasteiger charge is -2.27. The minimum Gasteiger partial charge on any atom is -0.361 e. The zero-order valence-electron chi connectivity index (χ0n) is 12.2. The molecule has 1 N–H and O–H groups in total. The Morgan fingerprint density at radius 2 is 2.24 bits per heavy atom. The lowest BCUT2D eigenvalue weighted by molar-refractivity contribution is 0.674. The number of nitriles is 1. The van der Waals surface area contributed by atoms with Gasteiger partial charge in [-0.15, -0.1) is 0 Å². The number of aryl methyl sites for hydroxylation is 1. The van der Waals surface area contributed by atoms with Crippen LogP contribution in [0.1, 0.15) is 41.5 Å². The summed E-state index contributed by atoms with van der Waals surface area (Å²) in [6.45, 7) is 4.97. The Hall–Kier alpha value is -1.99. The van der Waals surface area contributed by atoms with Gasteiger partial charge in [-0.05, 0) is 44.4 Å². The van der Waals surface area contributed by atoms with E-state index in [2.05, 4.69) is 20.9 Å². The summed E-state index contributed by atoms with van der Waals surface area (Å²) in [5, 5.41) is 9.62. The van der Waals surface area contributed by atoms with Gasteiger partial charge in [-0.25, -0.2) is 4.98 Å². The molecule has 0 aliphatic carbocycles. The number of hydrogen-bond donors (Lipinski definition) is 1. The van der Waals surface area contributed by atoms with Crippen LogP contribution in [0.2, 0.25) is 5.02 Å². The number of aromatic amines is 1. The molecule has 1 saturated heterocycles. The van der Waals surface area contributed by atoms with E-state index < -0.39 is 0 Å². The fourth-order valence-corrected chi connectivity index (χ4v) is 3.22. The van der Waals surface area contributed by atoms with Gasteiger partial charge in [-0.3, -0.25) is 0 Å². The molecule has 1 fully saturated rings. The first-order chi connectivity index (χ1) is 10.1. The number of aromatic nitrogens is 2. The van der Waals surface area contributed by atoms with Crippen molar-refractivity contribution >= 4 is 17.3 Å². The Morgan fingerprint density at radius 1 is 1.43 bits per heavy atom. The highest BCUT2D eigenvalue weighted by molar-refractivity contribution is 6.32. The second-order valence-electron chi connectivity index (χ2n) is 5.49. The summed E-state index contributed by atoms with van der Waals surface area (Å²) in [5.74, 6) is 1.00. The summed E-state index contributed by atoms with van der Waals surface area (Å²) in [5.41, 5.74) is 3.66. The van der Waals surface area contributed by atoms with E-state index in [1.807, 2.05) is 26.1 Å². The van der Waals surface area contributed by atoms with E-state index in [-0.39, 0.29) is 6.04 Å². The van der Waals surface area contributed by atoms with Crippen LogP contribution in [0, 0.1) is 25.2 Å². The molecule has 2 aromatic rings. The van der Waals surface area contributed by atoms with Gasteiger partial charge in [0.25, 0.3) is 0 Å². The number of benzene rings is 1. The van der Waals surface area contributed by atoms with Crippen molar-refractivity contribution in [2.75, 3.05) is 11.4 Å². The zero-order valence-corrected chi connectivity index (χ0v) is 12.9. The molecule has 1 aliphatic heterocycles. The molecule has 108 valence electrons. The van der Waals surface area contributed by atoms with Crippen molar-refractivity contribution < 1.29 is 0 Å². The SMILES string of the molecule is Cc1cnc(C2CCCN2c2ccc(C#N)c(Cl)c2C)[nH]1. The molecule has 1 atom stereocenters. The summed E-state index contributed by atoms with van der Waals surface area (Å²) in [6.07, 6.45) is 4.07. The van der Waals surface area contributed by atoms with Crippen LogP contribution in [0.4, 0.5) is 5.69 Å². The Kier molecular flexibility index (Phi) is 3.60. The molecule has 0 amide bonds. The van der Waals surface area contributed by atoms with Crippen LogP contribution in [-0.2, 0) is 0 Å². The van der Waals surface area contributed by atoms with Crippen molar-refractivity contribution in [1.82, 2.24) is 9.97 Å². The highest BCUT2D eigenvalue weighted by atomic mass is 35.5. The topological polar surface area (TPSA) is 55.7 Å². The fourth-order valence-electron chi connectivity index (χ4n) is 3.01. The van der Waals surface area contributed by atoms with Crippen molar-refractivity contribution in [2.24, 2.45) is 0 Å². The third-order valence-corrected chi connectivity index (χ3v) is 4.57. The van der Waals surface area contributed by atoms with Crippen LogP contribution in [0.3, 0.4) is 0 Å². The highest BCUT2D eigenvalue weighted by Gasteiger charge is 2.29. The Labute approximate surface area is 129 Å². The van der Waals surface area contributed by atoms with Gasteiger partial charge in [0.15, 0.2) is 0 Å². The average molecular weight is 301 g/mol. The third-order valence-electron chi connectivity index (χ3n) is 4.08. The maximum atomic E-state index is 9.07. The van der Waals surface area contributed by atoms with Crippen molar-refractivity contribution in [3.63, 3.8) is 0 Å². The normalized spacial score (nSPS) is 18.0. The van der Waals surface area contributed by atoms with E-state index >= 15 is 0 Å². The number of nitrogens with zero attached hydrogens (tertiary/aromatic N) is 3. The molecule has 0 bridgehead atoms. The summed E-state index contributed by atoms with van der Waals surface area (Å²) < 4.78 is 0. The number of anilines is 1. The monoisotopic (exact) mass is 300 g/mol. The number of rotatable bonds is 2. The molecule has 1 aliphatic rings. The molecule has 1 unspecified atom stereocenters. The molecule has 1 aromatic carbocycles. The van der Waals surface area contributed by atoms with Crippen LogP contribution < -0.4 is 4.90 Å². The fraction of sp³-hybridized carbons (Fsp3) is 0.375. The van der Waals surface area contributed by atoms with Crippen molar-refractivity contribution in [2.45, 2.75) is 32.7 Å². The Balaban J connectivity index is 2.00. The van der Waals surface area contributed by atoms with Crippen LogP contribution in [0.5, 0.6) is 0 Å². The summed E-state index contributed by atoms with van der Waals surface area (Å²) >= 11 is 6.30. The predicted molar refractivity (Wildman–Crippen MR) is 83.5 cm³/mol. The summed E-state index contributed by atoms with van der Waals surface area (Å²) in [7, 11) is 0. The van der Waals surface area contributed by atoms with E-state index in [4.69, 9.17) is 16.9 Å². The smallest absolute Gasteiger partial charge is 0.129 e. The van der Waals surface area contributed by atoms with Crippen LogP contribution in [0.25, 0.3) is 0 Å². The quantitative estimate of drug-likeness (QED) is 0.915. The highest BCUT2D eigenvalue weighted by Crippen LogP contribution is 2.39. The van der Waals surface area contributed by atoms with Gasteiger partial charge in [0.05, 0.1) is 16.6 Å². The van der Waals surface area contributed by atoms with E-state index in [1.165, 1.54) is 0 Å². The zero-order chi connectivity index (χ0) is 15.0. The molecular weight excluding hydrogens is 284 g/mol. The molecule has 5 heteroatoms. The predicted octanol–water partition coefficient (Wildman–Crippen LogP) is 3.89. The molecule has 21 heavy (non-hydrogen) atoms. The molecule has 4 nitrogen and oxygen atoms in total. The van der Waals surface area contributed by atoms with Gasteiger partial charge in [0.1, 0.15) is 11.9 Å². The van der Waals surface area contributed by atoms with Crippen LogP contribution in [-0.4, -0.2) is 16.5 Å². The van der Waals surface area contributed by atoms with Crippen LogP contribution >= 0.6 is 11.6 Å². The van der Waals surface area contributed by atoms with Gasteiger partial charge in [-0.1, -0.05) is 11.6 Å². The van der Waals surface area contributed by atoms with Gasteiger partial charge in [0, 0.05) is 24.1 Å². The molecule has 0 saturated carbocycles. The Bertz CT molecular complexity index is 714. The Morgan fingerprint density at radius 3 is 2.90 bits per heavy atom. The lowest BCUT2D eigenvalue weighted by atomic mass is 10.1. The first-order valence-electron chi connectivity index (χ1n) is 7.09. The minimum absolute atomic E-state index is 0.251. The molecule has 0 spiro atoms. The maximum Gasteiger partial charge on any atom is 0.129 e. The standard InChI is InChI=1S/C16H17ClN4/c1-10-9-19-16(20-10)14-4-3-7-21(14)13-6-5-12(8-18)15(17)11(13)2/h5-6,9,14H,3-4,7H2,1-2H3,(H,19,20). The number of hydrogen-bond acceptors (Lipinski definition) is 3. The molecule has 0 radical (unpaired) electrons. The third kappa shape index (κ3) is 2.38. The number of halogens is 1. The maximum absolute atomic E-state index is 9.07. The number of H-pyrrole nitrogens is 1. The van der Waals surface area contributed by atoms with Crippen molar-refractivity contribution in [1.29, 1.82) is 5.26 Å². The number of nitrogens with one attached hydrogen (secondary N) is 1. The number of imidazole rings is 1. The molecule has 1 aromatic heterocycles. The second kappa shape index (κ2) is 5.42. The van der Waals surface area contributed by atoms with Gasteiger partial charge < -0.3 is 9.88 Å². The van der Waals surface area contributed by atoms with E-state index in [9.17, 15) is 0 Å². The minimum atomic E-state index is 0.251. The van der Waals surface area contributed by atoms with E-state index in [0.29, 0.717) is 10.6 Å². The van der Waals surface area contributed by atoms with Crippen LogP contribution in [0.15, 0.2) is 18.3 Å². The first-order valence-corrected chi connectivity index (χ1v) is 7.47. The molecule has 3 rings (SSSR count). The van der Waals surface area contributed by atoms with Gasteiger partial charge in [-0.2, -0.15) is 5.26 Å². The summed E-state index contributed by atoms with van der Waals surface area (Å²) in [4.78, 5) is 10.1. The van der Waals surface area contributed by atoms with Gasteiger partial charge in [0.2, 0.25) is 0 Å². The average Bonchev–Trinajstić information content (AvgIpc) is 3.10. The second-order valence-corrected chi connectivity index (χ2v) is 5.86.